The number of methoxy groups -OCH3 is 1. The van der Waals surface area contributed by atoms with E-state index < -0.39 is 5.63 Å². The van der Waals surface area contributed by atoms with Crippen LogP contribution in [0.25, 0.3) is 0 Å². The van der Waals surface area contributed by atoms with Crippen LogP contribution in [0, 0.1) is 0 Å². The summed E-state index contributed by atoms with van der Waals surface area (Å²) in [5, 5.41) is 8.91. The molecule has 0 spiro atoms. The standard InChI is InChI=1S/C6H6O4/c1-9-5-4(7)2-3-10-6(5)8/h2-3,7H,1H3. The monoisotopic (exact) mass is 142 g/mol. The third kappa shape index (κ3) is 0.953. The Morgan fingerprint density at radius 2 is 2.40 bits per heavy atom. The summed E-state index contributed by atoms with van der Waals surface area (Å²) >= 11 is 0. The van der Waals surface area contributed by atoms with Crippen LogP contribution >= 0.6 is 0 Å². The summed E-state index contributed by atoms with van der Waals surface area (Å²) in [5.74, 6) is -0.374. The molecule has 0 atom stereocenters. The Kier molecular flexibility index (Phi) is 1.62. The van der Waals surface area contributed by atoms with E-state index in [0.717, 1.165) is 6.26 Å². The highest BCUT2D eigenvalue weighted by molar-refractivity contribution is 5.33. The lowest BCUT2D eigenvalue weighted by Crippen LogP contribution is -2.02. The average molecular weight is 142 g/mol. The number of ether oxygens (including phenoxy) is 1. The zero-order chi connectivity index (χ0) is 7.56. The van der Waals surface area contributed by atoms with Crippen LogP contribution in [0.2, 0.25) is 0 Å². The van der Waals surface area contributed by atoms with E-state index in [2.05, 4.69) is 9.15 Å². The van der Waals surface area contributed by atoms with Crippen LogP contribution in [0.3, 0.4) is 0 Å². The maximum atomic E-state index is 10.6. The topological polar surface area (TPSA) is 59.7 Å². The lowest BCUT2D eigenvalue weighted by atomic mass is 10.4. The molecule has 10 heavy (non-hydrogen) atoms. The van der Waals surface area contributed by atoms with Gasteiger partial charge in [0.1, 0.15) is 0 Å². The highest BCUT2D eigenvalue weighted by atomic mass is 16.5. The van der Waals surface area contributed by atoms with Crippen molar-refractivity contribution in [1.29, 1.82) is 0 Å². The smallest absolute Gasteiger partial charge is 0.382 e. The summed E-state index contributed by atoms with van der Waals surface area (Å²) < 4.78 is 8.91. The quantitative estimate of drug-likeness (QED) is 0.614. The summed E-state index contributed by atoms with van der Waals surface area (Å²) in [6.45, 7) is 0. The summed E-state index contributed by atoms with van der Waals surface area (Å²) in [6.07, 6.45) is 1.10. The molecule has 0 aliphatic rings. The van der Waals surface area contributed by atoms with Gasteiger partial charge in [-0.15, -0.1) is 0 Å². The largest absolute Gasteiger partial charge is 0.504 e. The van der Waals surface area contributed by atoms with Crippen molar-refractivity contribution in [1.82, 2.24) is 0 Å². The molecule has 0 radical (unpaired) electrons. The van der Waals surface area contributed by atoms with Crippen LogP contribution in [-0.4, -0.2) is 12.2 Å². The molecule has 1 N–H and O–H groups in total. The molecule has 0 aliphatic heterocycles. The van der Waals surface area contributed by atoms with E-state index in [0.29, 0.717) is 0 Å². The zero-order valence-electron chi connectivity index (χ0n) is 5.33. The van der Waals surface area contributed by atoms with Crippen molar-refractivity contribution >= 4 is 0 Å². The number of aromatic hydroxyl groups is 1. The van der Waals surface area contributed by atoms with E-state index in [4.69, 9.17) is 5.11 Å². The predicted octanol–water partition coefficient (Wildman–Crippen LogP) is 0.354. The van der Waals surface area contributed by atoms with Crippen molar-refractivity contribution in [2.45, 2.75) is 0 Å². The lowest BCUT2D eigenvalue weighted by molar-refractivity contribution is 0.340. The Morgan fingerprint density at radius 1 is 1.70 bits per heavy atom. The van der Waals surface area contributed by atoms with Crippen molar-refractivity contribution < 1.29 is 14.3 Å². The summed E-state index contributed by atoms with van der Waals surface area (Å²) in [5.41, 5.74) is -0.678. The molecular formula is C6H6O4. The molecule has 54 valence electrons. The van der Waals surface area contributed by atoms with Crippen LogP contribution < -0.4 is 10.4 Å². The van der Waals surface area contributed by atoms with Crippen molar-refractivity contribution in [2.75, 3.05) is 7.11 Å². The van der Waals surface area contributed by atoms with Gasteiger partial charge >= 0.3 is 5.63 Å². The Labute approximate surface area is 56.7 Å². The molecule has 1 aromatic rings. The van der Waals surface area contributed by atoms with Gasteiger partial charge in [-0.05, 0) is 0 Å². The van der Waals surface area contributed by atoms with Crippen LogP contribution in [-0.2, 0) is 0 Å². The fourth-order valence-corrected chi connectivity index (χ4v) is 0.582. The third-order valence-corrected chi connectivity index (χ3v) is 1.02. The van der Waals surface area contributed by atoms with Gasteiger partial charge in [0.05, 0.1) is 13.4 Å². The van der Waals surface area contributed by atoms with E-state index >= 15 is 0 Å². The molecule has 0 saturated heterocycles. The molecule has 0 unspecified atom stereocenters. The van der Waals surface area contributed by atoms with Crippen LogP contribution in [0.4, 0.5) is 0 Å². The zero-order valence-corrected chi connectivity index (χ0v) is 5.33. The molecule has 1 heterocycles. The van der Waals surface area contributed by atoms with E-state index in [1.165, 1.54) is 13.2 Å². The first kappa shape index (κ1) is 6.67. The van der Waals surface area contributed by atoms with E-state index in [9.17, 15) is 4.79 Å². The van der Waals surface area contributed by atoms with Gasteiger partial charge in [0.25, 0.3) is 0 Å². The van der Waals surface area contributed by atoms with Crippen LogP contribution in [0.15, 0.2) is 21.5 Å². The number of hydrogen-bond acceptors (Lipinski definition) is 4. The molecule has 1 rings (SSSR count). The van der Waals surface area contributed by atoms with Crippen molar-refractivity contribution in [3.05, 3.63) is 22.7 Å². The van der Waals surface area contributed by atoms with Crippen LogP contribution in [0.1, 0.15) is 0 Å². The second kappa shape index (κ2) is 2.43. The fourth-order valence-electron chi connectivity index (χ4n) is 0.582. The first-order chi connectivity index (χ1) is 4.75. The Bertz CT molecular complexity index is 275. The maximum Gasteiger partial charge on any atom is 0.382 e. The molecule has 4 heteroatoms. The van der Waals surface area contributed by atoms with E-state index in [1.54, 1.807) is 0 Å². The SMILES string of the molecule is COc1c(O)ccoc1=O. The second-order valence-corrected chi connectivity index (χ2v) is 1.63. The van der Waals surface area contributed by atoms with Gasteiger partial charge in [0.15, 0.2) is 5.75 Å². The molecule has 0 fully saturated rings. The van der Waals surface area contributed by atoms with Gasteiger partial charge in [-0.25, -0.2) is 4.79 Å². The van der Waals surface area contributed by atoms with Crippen molar-refractivity contribution in [3.8, 4) is 11.5 Å². The third-order valence-electron chi connectivity index (χ3n) is 1.02. The van der Waals surface area contributed by atoms with Crippen LogP contribution in [0.5, 0.6) is 11.5 Å². The molecule has 1 aromatic heterocycles. The van der Waals surface area contributed by atoms with Gasteiger partial charge in [-0.1, -0.05) is 0 Å². The molecule has 4 nitrogen and oxygen atoms in total. The van der Waals surface area contributed by atoms with Crippen molar-refractivity contribution in [3.63, 3.8) is 0 Å². The maximum absolute atomic E-state index is 10.6. The molecule has 0 amide bonds. The minimum absolute atomic E-state index is 0.164. The van der Waals surface area contributed by atoms with Gasteiger partial charge in [0, 0.05) is 6.07 Å². The van der Waals surface area contributed by atoms with E-state index in [-0.39, 0.29) is 11.5 Å². The fraction of sp³-hybridized carbons (Fsp3) is 0.167. The molecular weight excluding hydrogens is 136 g/mol. The molecule has 0 aliphatic carbocycles. The Balaban J connectivity index is 3.31. The first-order valence-electron chi connectivity index (χ1n) is 2.60. The molecule has 0 saturated carbocycles. The predicted molar refractivity (Wildman–Crippen MR) is 33.2 cm³/mol. The summed E-state index contributed by atoms with van der Waals surface area (Å²) in [4.78, 5) is 10.6. The average Bonchev–Trinajstić information content (AvgIpc) is 1.88. The number of rotatable bonds is 1. The van der Waals surface area contributed by atoms with Gasteiger partial charge in [-0.2, -0.15) is 0 Å². The highest BCUT2D eigenvalue weighted by Crippen LogP contribution is 2.18. The minimum atomic E-state index is -0.678. The Morgan fingerprint density at radius 3 is 2.80 bits per heavy atom. The van der Waals surface area contributed by atoms with Crippen molar-refractivity contribution in [2.24, 2.45) is 0 Å². The van der Waals surface area contributed by atoms with E-state index in [1.807, 2.05) is 0 Å². The Hall–Kier alpha value is -1.45. The summed E-state index contributed by atoms with van der Waals surface area (Å²) in [6, 6.07) is 1.24. The van der Waals surface area contributed by atoms with Gasteiger partial charge in [-0.3, -0.25) is 0 Å². The summed E-state index contributed by atoms with van der Waals surface area (Å²) in [7, 11) is 1.28. The molecule has 0 aromatic carbocycles. The normalized spacial score (nSPS) is 9.30. The molecule has 0 bridgehead atoms. The minimum Gasteiger partial charge on any atom is -0.504 e. The number of hydrogen-bond donors (Lipinski definition) is 1. The van der Waals surface area contributed by atoms with Gasteiger partial charge in [0.2, 0.25) is 5.75 Å². The lowest BCUT2D eigenvalue weighted by Gasteiger charge is -1.97. The first-order valence-corrected chi connectivity index (χ1v) is 2.60. The highest BCUT2D eigenvalue weighted by Gasteiger charge is 2.05. The second-order valence-electron chi connectivity index (χ2n) is 1.63. The van der Waals surface area contributed by atoms with Gasteiger partial charge < -0.3 is 14.3 Å².